The van der Waals surface area contributed by atoms with Gasteiger partial charge in [0.15, 0.2) is 0 Å². The highest BCUT2D eigenvalue weighted by atomic mass is 15.1. The Kier molecular flexibility index (Phi) is 7.86. The summed E-state index contributed by atoms with van der Waals surface area (Å²) in [5.74, 6) is 0.925. The molecule has 0 amide bonds. The first-order chi connectivity index (χ1) is 28.3. The molecule has 11 aromatic rings. The second kappa shape index (κ2) is 13.6. The molecule has 1 aromatic heterocycles. The van der Waals surface area contributed by atoms with E-state index in [2.05, 4.69) is 223 Å². The van der Waals surface area contributed by atoms with Gasteiger partial charge in [-0.1, -0.05) is 182 Å². The van der Waals surface area contributed by atoms with Crippen LogP contribution in [-0.2, 0) is 0 Å². The lowest BCUT2D eigenvalue weighted by atomic mass is 9.84. The van der Waals surface area contributed by atoms with Crippen molar-refractivity contribution in [2.24, 2.45) is 0 Å². The number of nitrogens with zero attached hydrogens (tertiary/aromatic N) is 2. The van der Waals surface area contributed by atoms with Gasteiger partial charge in [-0.05, 0) is 113 Å². The zero-order valence-corrected chi connectivity index (χ0v) is 31.2. The first kappa shape index (κ1) is 32.8. The Morgan fingerprint density at radius 1 is 0.298 bits per heavy atom. The highest BCUT2D eigenvalue weighted by Gasteiger charge is 2.20. The smallest absolute Gasteiger partial charge is 0.145 e. The van der Waals surface area contributed by atoms with E-state index in [1.54, 1.807) is 0 Å². The van der Waals surface area contributed by atoms with Crippen LogP contribution in [0.4, 0.5) is 0 Å². The summed E-state index contributed by atoms with van der Waals surface area (Å²) in [6.45, 7) is 0. The van der Waals surface area contributed by atoms with Crippen LogP contribution in [0.1, 0.15) is 0 Å². The van der Waals surface area contributed by atoms with Crippen molar-refractivity contribution in [3.8, 4) is 61.6 Å². The van der Waals surface area contributed by atoms with E-state index in [1.165, 1.54) is 76.8 Å². The van der Waals surface area contributed by atoms with Crippen molar-refractivity contribution in [3.05, 3.63) is 218 Å². The minimum Gasteiger partial charge on any atom is -0.292 e. The number of aromatic nitrogens is 2. The molecule has 0 aliphatic heterocycles. The topological polar surface area (TPSA) is 17.8 Å². The number of hydrogen-bond donors (Lipinski definition) is 0. The molecule has 0 saturated heterocycles. The van der Waals surface area contributed by atoms with Gasteiger partial charge >= 0.3 is 0 Å². The summed E-state index contributed by atoms with van der Waals surface area (Å²) in [6, 6.07) is 79.0. The van der Waals surface area contributed by atoms with Gasteiger partial charge in [0.25, 0.3) is 0 Å². The molecule has 0 saturated carbocycles. The Bertz CT molecular complexity index is 3270. The molecular formula is C55H36N2. The molecule has 0 radical (unpaired) electrons. The lowest BCUT2D eigenvalue weighted by Crippen LogP contribution is -1.98. The van der Waals surface area contributed by atoms with Gasteiger partial charge in [0.1, 0.15) is 5.82 Å². The second-order valence-electron chi connectivity index (χ2n) is 14.7. The zero-order chi connectivity index (χ0) is 37.7. The van der Waals surface area contributed by atoms with E-state index >= 15 is 0 Å². The van der Waals surface area contributed by atoms with Crippen LogP contribution in [0, 0.1) is 0 Å². The second-order valence-corrected chi connectivity index (χ2v) is 14.7. The van der Waals surface area contributed by atoms with Gasteiger partial charge in [0, 0.05) is 11.3 Å². The number of fused-ring (bicyclic) bond motifs is 4. The van der Waals surface area contributed by atoms with Crippen LogP contribution >= 0.6 is 0 Å². The zero-order valence-electron chi connectivity index (χ0n) is 31.2. The summed E-state index contributed by atoms with van der Waals surface area (Å²) in [5, 5.41) is 7.36. The van der Waals surface area contributed by atoms with Gasteiger partial charge in [-0.3, -0.25) is 4.57 Å². The van der Waals surface area contributed by atoms with Crippen molar-refractivity contribution < 1.29 is 0 Å². The summed E-state index contributed by atoms with van der Waals surface area (Å²) in [4.78, 5) is 5.22. The predicted molar refractivity (Wildman–Crippen MR) is 241 cm³/mol. The van der Waals surface area contributed by atoms with Gasteiger partial charge in [0.2, 0.25) is 0 Å². The maximum atomic E-state index is 5.22. The molecule has 0 bridgehead atoms. The lowest BCUT2D eigenvalue weighted by molar-refractivity contribution is 1.11. The molecule has 1 heterocycles. The van der Waals surface area contributed by atoms with Crippen LogP contribution in [0.25, 0.3) is 105 Å². The fraction of sp³-hybridized carbons (Fsp3) is 0. The minimum absolute atomic E-state index is 0.925. The summed E-state index contributed by atoms with van der Waals surface area (Å²) >= 11 is 0. The molecule has 2 heteroatoms. The quantitative estimate of drug-likeness (QED) is 0.156. The molecule has 0 N–H and O–H groups in total. The Labute approximate surface area is 331 Å². The first-order valence-corrected chi connectivity index (χ1v) is 19.5. The van der Waals surface area contributed by atoms with Crippen molar-refractivity contribution >= 4 is 43.4 Å². The molecule has 0 atom stereocenters. The van der Waals surface area contributed by atoms with Crippen molar-refractivity contribution in [2.75, 3.05) is 0 Å². The molecule has 11 rings (SSSR count). The molecule has 0 spiro atoms. The van der Waals surface area contributed by atoms with E-state index in [0.29, 0.717) is 0 Å². The molecule has 0 aliphatic rings. The highest BCUT2D eigenvalue weighted by molar-refractivity contribution is 6.22. The summed E-state index contributed by atoms with van der Waals surface area (Å²) in [6.07, 6.45) is 0. The van der Waals surface area contributed by atoms with Crippen molar-refractivity contribution in [2.45, 2.75) is 0 Å². The van der Waals surface area contributed by atoms with Crippen molar-refractivity contribution in [3.63, 3.8) is 0 Å². The third kappa shape index (κ3) is 5.70. The van der Waals surface area contributed by atoms with E-state index in [9.17, 15) is 0 Å². The average Bonchev–Trinajstić information content (AvgIpc) is 3.68. The third-order valence-corrected chi connectivity index (χ3v) is 11.4. The molecular weight excluding hydrogens is 689 g/mol. The van der Waals surface area contributed by atoms with Crippen LogP contribution in [0.2, 0.25) is 0 Å². The molecule has 10 aromatic carbocycles. The largest absolute Gasteiger partial charge is 0.292 e. The number of benzene rings is 10. The summed E-state index contributed by atoms with van der Waals surface area (Å²) in [7, 11) is 0. The van der Waals surface area contributed by atoms with Gasteiger partial charge in [-0.25, -0.2) is 4.98 Å². The number of hydrogen-bond acceptors (Lipinski definition) is 1. The summed E-state index contributed by atoms with van der Waals surface area (Å²) in [5.41, 5.74) is 13.9. The number of para-hydroxylation sites is 2. The van der Waals surface area contributed by atoms with Crippen LogP contribution in [-0.4, -0.2) is 9.55 Å². The van der Waals surface area contributed by atoms with Gasteiger partial charge in [-0.2, -0.15) is 0 Å². The van der Waals surface area contributed by atoms with Crippen molar-refractivity contribution in [1.29, 1.82) is 0 Å². The predicted octanol–water partition coefficient (Wildman–Crippen LogP) is 14.8. The fourth-order valence-electron chi connectivity index (χ4n) is 8.68. The normalized spacial score (nSPS) is 11.5. The molecule has 2 nitrogen and oxygen atoms in total. The minimum atomic E-state index is 0.925. The molecule has 57 heavy (non-hydrogen) atoms. The maximum absolute atomic E-state index is 5.22. The number of imidazole rings is 1. The number of rotatable bonds is 6. The third-order valence-electron chi connectivity index (χ3n) is 11.4. The molecule has 0 fully saturated rings. The fourth-order valence-corrected chi connectivity index (χ4v) is 8.68. The molecule has 0 unspecified atom stereocenters. The Hall–Kier alpha value is -7.55. The Balaban J connectivity index is 1.11. The van der Waals surface area contributed by atoms with E-state index < -0.39 is 0 Å². The summed E-state index contributed by atoms with van der Waals surface area (Å²) < 4.78 is 2.30. The Morgan fingerprint density at radius 3 is 1.60 bits per heavy atom. The van der Waals surface area contributed by atoms with Gasteiger partial charge < -0.3 is 0 Å². The van der Waals surface area contributed by atoms with Crippen LogP contribution in [0.3, 0.4) is 0 Å². The Morgan fingerprint density at radius 2 is 0.842 bits per heavy atom. The van der Waals surface area contributed by atoms with E-state index in [-0.39, 0.29) is 0 Å². The van der Waals surface area contributed by atoms with Crippen LogP contribution in [0.5, 0.6) is 0 Å². The maximum Gasteiger partial charge on any atom is 0.145 e. The standard InChI is InChI=1S/C55H36N2/c1-3-14-37(15-4-1)42-20-13-21-45(34-42)54-48-23-10-9-22-47(48)53(49-33-31-44(36-50(49)54)38-16-5-2-6-17-38)40-26-28-41(29-27-40)55-56-51-24-11-12-25-52(51)57(55)46-32-30-39-18-7-8-19-43(39)35-46/h1-36H. The highest BCUT2D eigenvalue weighted by Crippen LogP contribution is 2.46. The van der Waals surface area contributed by atoms with E-state index in [0.717, 1.165) is 28.1 Å². The SMILES string of the molecule is c1ccc(-c2cccc(-c3c4ccccc4c(-c4ccc(-c5nc6ccccc6n5-c5ccc6ccccc6c5)cc4)c4ccc(-c5ccccc5)cc34)c2)cc1. The first-order valence-electron chi connectivity index (χ1n) is 19.5. The van der Waals surface area contributed by atoms with Crippen LogP contribution < -0.4 is 0 Å². The van der Waals surface area contributed by atoms with E-state index in [1.807, 2.05) is 0 Å². The van der Waals surface area contributed by atoms with Crippen LogP contribution in [0.15, 0.2) is 218 Å². The van der Waals surface area contributed by atoms with Crippen molar-refractivity contribution in [1.82, 2.24) is 9.55 Å². The monoisotopic (exact) mass is 724 g/mol. The lowest BCUT2D eigenvalue weighted by Gasteiger charge is -2.19. The van der Waals surface area contributed by atoms with Gasteiger partial charge in [-0.15, -0.1) is 0 Å². The molecule has 266 valence electrons. The average molecular weight is 725 g/mol. The van der Waals surface area contributed by atoms with Gasteiger partial charge in [0.05, 0.1) is 11.0 Å². The van der Waals surface area contributed by atoms with E-state index in [4.69, 9.17) is 4.98 Å². The molecule has 0 aliphatic carbocycles.